The maximum absolute atomic E-state index is 12.7. The van der Waals surface area contributed by atoms with Crippen LogP contribution in [0.25, 0.3) is 0 Å². The van der Waals surface area contributed by atoms with E-state index in [1.54, 1.807) is 12.1 Å². The second-order valence-corrected chi connectivity index (χ2v) is 9.37. The smallest absolute Gasteiger partial charge is 0.275 e. The van der Waals surface area contributed by atoms with Crippen molar-refractivity contribution < 1.29 is 18.1 Å². The first kappa shape index (κ1) is 19.9. The van der Waals surface area contributed by atoms with Crippen molar-refractivity contribution in [1.82, 2.24) is 9.62 Å². The van der Waals surface area contributed by atoms with Gasteiger partial charge in [-0.2, -0.15) is 4.31 Å². The summed E-state index contributed by atoms with van der Waals surface area (Å²) >= 11 is 0. The number of aryl methyl sites for hydroxylation is 1. The lowest BCUT2D eigenvalue weighted by atomic mass is 10.0. The molecule has 0 saturated carbocycles. The van der Waals surface area contributed by atoms with Crippen LogP contribution in [0, 0.1) is 6.92 Å². The maximum atomic E-state index is 12.7. The van der Waals surface area contributed by atoms with Gasteiger partial charge >= 0.3 is 0 Å². The Bertz CT molecular complexity index is 691. The van der Waals surface area contributed by atoms with Crippen LogP contribution in [0.5, 0.6) is 0 Å². The first-order valence-corrected chi connectivity index (χ1v) is 10.3. The molecule has 0 aromatic heterocycles. The normalized spacial score (nSPS) is 17.4. The van der Waals surface area contributed by atoms with E-state index >= 15 is 0 Å². The van der Waals surface area contributed by atoms with Gasteiger partial charge in [0.15, 0.2) is 6.54 Å². The van der Waals surface area contributed by atoms with Gasteiger partial charge in [0.25, 0.3) is 5.91 Å². The second-order valence-electron chi connectivity index (χ2n) is 7.43. The van der Waals surface area contributed by atoms with Crippen molar-refractivity contribution in [2.75, 3.05) is 32.7 Å². The van der Waals surface area contributed by atoms with Crippen molar-refractivity contribution in [2.45, 2.75) is 44.6 Å². The Kier molecular flexibility index (Phi) is 6.24. The Balaban J connectivity index is 1.91. The number of sulfonamides is 1. The molecule has 25 heavy (non-hydrogen) atoms. The number of rotatable bonds is 6. The lowest BCUT2D eigenvalue weighted by Gasteiger charge is -2.32. The van der Waals surface area contributed by atoms with E-state index in [-0.39, 0.29) is 11.4 Å². The van der Waals surface area contributed by atoms with Crippen molar-refractivity contribution in [3.8, 4) is 0 Å². The van der Waals surface area contributed by atoms with E-state index in [4.69, 9.17) is 0 Å². The SMILES string of the molecule is CCC(C)(C)NC(=O)C[NH+]1CCN(S(=O)(=O)c2ccc(C)cc2)CC1. The minimum Gasteiger partial charge on any atom is -0.346 e. The molecule has 1 fully saturated rings. The predicted octanol–water partition coefficient (Wildman–Crippen LogP) is 0.189. The number of benzene rings is 1. The summed E-state index contributed by atoms with van der Waals surface area (Å²) < 4.78 is 26.9. The van der Waals surface area contributed by atoms with Crippen LogP contribution in [-0.2, 0) is 14.8 Å². The van der Waals surface area contributed by atoms with E-state index in [1.807, 2.05) is 39.8 Å². The molecular formula is C18H30N3O3S+. The molecule has 140 valence electrons. The quantitative estimate of drug-likeness (QED) is 0.753. The van der Waals surface area contributed by atoms with Crippen LogP contribution in [0.4, 0.5) is 0 Å². The first-order valence-electron chi connectivity index (χ1n) is 8.85. The van der Waals surface area contributed by atoms with Gasteiger partial charge in [-0.1, -0.05) is 24.6 Å². The molecule has 2 N–H and O–H groups in total. The van der Waals surface area contributed by atoms with E-state index in [2.05, 4.69) is 5.32 Å². The summed E-state index contributed by atoms with van der Waals surface area (Å²) in [6.07, 6.45) is 0.872. The number of nitrogens with zero attached hydrogens (tertiary/aromatic N) is 1. The van der Waals surface area contributed by atoms with E-state index < -0.39 is 10.0 Å². The Morgan fingerprint density at radius 3 is 2.28 bits per heavy atom. The number of hydrogen-bond donors (Lipinski definition) is 2. The van der Waals surface area contributed by atoms with Gasteiger partial charge in [-0.25, -0.2) is 8.42 Å². The van der Waals surface area contributed by atoms with E-state index in [1.165, 1.54) is 4.31 Å². The molecule has 0 atom stereocenters. The Hall–Kier alpha value is -1.44. The molecule has 1 saturated heterocycles. The molecule has 1 amide bonds. The van der Waals surface area contributed by atoms with Crippen molar-refractivity contribution in [1.29, 1.82) is 0 Å². The van der Waals surface area contributed by atoms with Gasteiger partial charge in [0.05, 0.1) is 31.1 Å². The van der Waals surface area contributed by atoms with Gasteiger partial charge in [-0.05, 0) is 39.3 Å². The highest BCUT2D eigenvalue weighted by atomic mass is 32.2. The predicted molar refractivity (Wildman–Crippen MR) is 98.0 cm³/mol. The summed E-state index contributed by atoms with van der Waals surface area (Å²) in [5.74, 6) is 0.0247. The van der Waals surface area contributed by atoms with Crippen LogP contribution in [0.15, 0.2) is 29.2 Å². The van der Waals surface area contributed by atoms with Gasteiger partial charge in [0.1, 0.15) is 0 Å². The molecule has 0 bridgehead atoms. The number of quaternary nitrogens is 1. The third kappa shape index (κ3) is 5.26. The Morgan fingerprint density at radius 2 is 1.76 bits per heavy atom. The van der Waals surface area contributed by atoms with Gasteiger partial charge in [-0.15, -0.1) is 0 Å². The van der Waals surface area contributed by atoms with Crippen LogP contribution >= 0.6 is 0 Å². The van der Waals surface area contributed by atoms with E-state index in [9.17, 15) is 13.2 Å². The zero-order chi connectivity index (χ0) is 18.7. The third-order valence-electron chi connectivity index (χ3n) is 4.86. The van der Waals surface area contributed by atoms with Crippen LogP contribution in [0.1, 0.15) is 32.8 Å². The van der Waals surface area contributed by atoms with Crippen molar-refractivity contribution in [3.05, 3.63) is 29.8 Å². The fourth-order valence-corrected chi connectivity index (χ4v) is 4.26. The first-order chi connectivity index (χ1) is 11.6. The fraction of sp³-hybridized carbons (Fsp3) is 0.611. The zero-order valence-electron chi connectivity index (χ0n) is 15.6. The van der Waals surface area contributed by atoms with Gasteiger partial charge in [0.2, 0.25) is 10.0 Å². The standard InChI is InChI=1S/C18H29N3O3S/c1-5-18(3,4)19-17(22)14-20-10-12-21(13-11-20)25(23,24)16-8-6-15(2)7-9-16/h6-9H,5,10-14H2,1-4H3,(H,19,22)/p+1. The summed E-state index contributed by atoms with van der Waals surface area (Å²) in [5, 5.41) is 3.03. The highest BCUT2D eigenvalue weighted by Crippen LogP contribution is 2.16. The largest absolute Gasteiger partial charge is 0.346 e. The number of hydrogen-bond acceptors (Lipinski definition) is 3. The zero-order valence-corrected chi connectivity index (χ0v) is 16.4. The number of carbonyl (C=O) groups excluding carboxylic acids is 1. The second kappa shape index (κ2) is 7.85. The number of nitrogens with one attached hydrogen (secondary N) is 2. The summed E-state index contributed by atoms with van der Waals surface area (Å²) in [7, 11) is -3.44. The molecule has 0 unspecified atom stereocenters. The lowest BCUT2D eigenvalue weighted by molar-refractivity contribution is -0.895. The summed E-state index contributed by atoms with van der Waals surface area (Å²) in [5.41, 5.74) is 0.835. The molecule has 7 heteroatoms. The van der Waals surface area contributed by atoms with Crippen LogP contribution in [-0.4, -0.2) is 56.9 Å². The molecule has 1 heterocycles. The van der Waals surface area contributed by atoms with Gasteiger partial charge in [-0.3, -0.25) is 4.79 Å². The van der Waals surface area contributed by atoms with Crippen molar-refractivity contribution in [2.24, 2.45) is 0 Å². The van der Waals surface area contributed by atoms with Crippen LogP contribution in [0.3, 0.4) is 0 Å². The highest BCUT2D eigenvalue weighted by molar-refractivity contribution is 7.89. The fourth-order valence-electron chi connectivity index (χ4n) is 2.82. The minimum atomic E-state index is -3.44. The average molecular weight is 369 g/mol. The highest BCUT2D eigenvalue weighted by Gasteiger charge is 2.31. The molecule has 1 aliphatic rings. The molecule has 1 aliphatic heterocycles. The van der Waals surface area contributed by atoms with E-state index in [0.29, 0.717) is 37.6 Å². The van der Waals surface area contributed by atoms with Crippen molar-refractivity contribution in [3.63, 3.8) is 0 Å². The lowest BCUT2D eigenvalue weighted by Crippen LogP contribution is -3.16. The van der Waals surface area contributed by atoms with Crippen LogP contribution < -0.4 is 10.2 Å². The van der Waals surface area contributed by atoms with Crippen LogP contribution in [0.2, 0.25) is 0 Å². The molecule has 6 nitrogen and oxygen atoms in total. The maximum Gasteiger partial charge on any atom is 0.275 e. The molecular weight excluding hydrogens is 338 g/mol. The topological polar surface area (TPSA) is 70.9 Å². The summed E-state index contributed by atoms with van der Waals surface area (Å²) in [6, 6.07) is 6.94. The summed E-state index contributed by atoms with van der Waals surface area (Å²) in [4.78, 5) is 13.6. The van der Waals surface area contributed by atoms with Gasteiger partial charge < -0.3 is 10.2 Å². The molecule has 1 aromatic rings. The van der Waals surface area contributed by atoms with E-state index in [0.717, 1.165) is 16.9 Å². The third-order valence-corrected chi connectivity index (χ3v) is 6.77. The molecule has 1 aromatic carbocycles. The van der Waals surface area contributed by atoms with Crippen molar-refractivity contribution >= 4 is 15.9 Å². The minimum absolute atomic E-state index is 0.0247. The molecule has 2 rings (SSSR count). The Labute approximate surface area is 151 Å². The number of carbonyl (C=O) groups is 1. The number of amides is 1. The monoisotopic (exact) mass is 368 g/mol. The molecule has 0 spiro atoms. The molecule has 0 radical (unpaired) electrons. The number of piperazine rings is 1. The van der Waals surface area contributed by atoms with Gasteiger partial charge in [0, 0.05) is 5.54 Å². The summed E-state index contributed by atoms with van der Waals surface area (Å²) in [6.45, 7) is 10.5. The molecule has 0 aliphatic carbocycles. The average Bonchev–Trinajstić information content (AvgIpc) is 2.55. The Morgan fingerprint density at radius 1 is 1.20 bits per heavy atom.